The molecule has 4 nitrogen and oxygen atoms in total. The molecule has 2 N–H and O–H groups in total. The van der Waals surface area contributed by atoms with Crippen molar-refractivity contribution in [3.63, 3.8) is 0 Å². The Kier molecular flexibility index (Phi) is 5.05. The van der Waals surface area contributed by atoms with Crippen molar-refractivity contribution in [2.75, 3.05) is 0 Å². The number of hydrogen-bond acceptors (Lipinski definition) is 3. The zero-order chi connectivity index (χ0) is 19.7. The number of aromatic nitrogens is 1. The van der Waals surface area contributed by atoms with E-state index in [1.807, 2.05) is 18.2 Å². The standard InChI is InChI=1S/C22H17ClFNO3/c23-15-8-11-19-18(12-15)21(28-17-4-2-1-3-5-17)20(22(26)27)25(19)13-14-6-9-16(24)10-7-14/h1-12,22,26-27H,13H2. The highest BCUT2D eigenvalue weighted by molar-refractivity contribution is 6.31. The fourth-order valence-electron chi connectivity index (χ4n) is 3.23. The van der Waals surface area contributed by atoms with Crippen LogP contribution < -0.4 is 4.74 Å². The maximum Gasteiger partial charge on any atom is 0.197 e. The Labute approximate surface area is 166 Å². The number of nitrogens with zero attached hydrogens (tertiary/aromatic N) is 1. The smallest absolute Gasteiger partial charge is 0.197 e. The first-order chi connectivity index (χ1) is 13.5. The Bertz CT molecular complexity index is 1110. The lowest BCUT2D eigenvalue weighted by Gasteiger charge is -2.14. The molecule has 0 atom stereocenters. The maximum atomic E-state index is 13.3. The summed E-state index contributed by atoms with van der Waals surface area (Å²) in [4.78, 5) is 0. The van der Waals surface area contributed by atoms with Crippen LogP contribution in [0.25, 0.3) is 10.9 Å². The topological polar surface area (TPSA) is 54.6 Å². The third kappa shape index (κ3) is 3.60. The molecule has 0 saturated heterocycles. The number of halogens is 2. The van der Waals surface area contributed by atoms with E-state index in [0.29, 0.717) is 28.5 Å². The molecule has 3 aromatic carbocycles. The molecule has 0 amide bonds. The molecule has 0 radical (unpaired) electrons. The summed E-state index contributed by atoms with van der Waals surface area (Å²) < 4.78 is 21.0. The summed E-state index contributed by atoms with van der Waals surface area (Å²) >= 11 is 6.18. The number of ether oxygens (including phenoxy) is 1. The van der Waals surface area contributed by atoms with E-state index in [0.717, 1.165) is 11.1 Å². The van der Waals surface area contributed by atoms with E-state index in [1.165, 1.54) is 12.1 Å². The van der Waals surface area contributed by atoms with Gasteiger partial charge in [0.25, 0.3) is 0 Å². The first-order valence-electron chi connectivity index (χ1n) is 8.68. The van der Waals surface area contributed by atoms with Crippen LogP contribution in [0.4, 0.5) is 4.39 Å². The van der Waals surface area contributed by atoms with Gasteiger partial charge >= 0.3 is 0 Å². The SMILES string of the molecule is OC(O)c1c(Oc2ccccc2)c2cc(Cl)ccc2n1Cc1ccc(F)cc1. The van der Waals surface area contributed by atoms with Crippen molar-refractivity contribution in [1.82, 2.24) is 4.57 Å². The van der Waals surface area contributed by atoms with Gasteiger partial charge in [0.2, 0.25) is 0 Å². The van der Waals surface area contributed by atoms with Crippen molar-refractivity contribution < 1.29 is 19.3 Å². The molecular weight excluding hydrogens is 381 g/mol. The summed E-state index contributed by atoms with van der Waals surface area (Å²) in [5.74, 6) is 0.550. The van der Waals surface area contributed by atoms with Crippen molar-refractivity contribution in [1.29, 1.82) is 0 Å². The molecule has 0 aliphatic heterocycles. The Morgan fingerprint density at radius 1 is 0.964 bits per heavy atom. The maximum absolute atomic E-state index is 13.3. The van der Waals surface area contributed by atoms with Crippen LogP contribution in [0.2, 0.25) is 5.02 Å². The molecule has 0 unspecified atom stereocenters. The van der Waals surface area contributed by atoms with Crippen LogP contribution in [-0.4, -0.2) is 14.8 Å². The third-order valence-electron chi connectivity index (χ3n) is 4.48. The van der Waals surface area contributed by atoms with Crippen molar-refractivity contribution in [3.8, 4) is 11.5 Å². The van der Waals surface area contributed by atoms with Gasteiger partial charge in [0, 0.05) is 17.0 Å². The van der Waals surface area contributed by atoms with Gasteiger partial charge in [-0.1, -0.05) is 41.9 Å². The van der Waals surface area contributed by atoms with Crippen LogP contribution in [0.1, 0.15) is 17.5 Å². The number of benzene rings is 3. The summed E-state index contributed by atoms with van der Waals surface area (Å²) in [6.45, 7) is 0.309. The highest BCUT2D eigenvalue weighted by atomic mass is 35.5. The molecule has 28 heavy (non-hydrogen) atoms. The molecule has 4 aromatic rings. The van der Waals surface area contributed by atoms with Gasteiger partial charge in [0.15, 0.2) is 12.0 Å². The van der Waals surface area contributed by atoms with Crippen molar-refractivity contribution in [2.45, 2.75) is 12.8 Å². The van der Waals surface area contributed by atoms with Crippen LogP contribution >= 0.6 is 11.6 Å². The average Bonchev–Trinajstić information content (AvgIpc) is 2.97. The number of hydrogen-bond donors (Lipinski definition) is 2. The lowest BCUT2D eigenvalue weighted by atomic mass is 10.2. The minimum absolute atomic E-state index is 0.199. The number of fused-ring (bicyclic) bond motifs is 1. The van der Waals surface area contributed by atoms with Gasteiger partial charge in [0.1, 0.15) is 17.3 Å². The molecule has 4 rings (SSSR count). The van der Waals surface area contributed by atoms with E-state index in [-0.39, 0.29) is 11.5 Å². The van der Waals surface area contributed by atoms with Gasteiger partial charge in [-0.25, -0.2) is 4.39 Å². The minimum Gasteiger partial charge on any atom is -0.455 e. The summed E-state index contributed by atoms with van der Waals surface area (Å²) in [6, 6.07) is 20.4. The van der Waals surface area contributed by atoms with E-state index in [2.05, 4.69) is 0 Å². The van der Waals surface area contributed by atoms with Crippen LogP contribution in [0.15, 0.2) is 72.8 Å². The van der Waals surface area contributed by atoms with Crippen LogP contribution in [0.3, 0.4) is 0 Å². The highest BCUT2D eigenvalue weighted by Gasteiger charge is 2.24. The van der Waals surface area contributed by atoms with Gasteiger partial charge in [0.05, 0.1) is 5.52 Å². The monoisotopic (exact) mass is 397 g/mol. The van der Waals surface area contributed by atoms with Crippen molar-refractivity contribution >= 4 is 22.5 Å². The lowest BCUT2D eigenvalue weighted by Crippen LogP contribution is -2.09. The zero-order valence-electron chi connectivity index (χ0n) is 14.7. The van der Waals surface area contributed by atoms with Gasteiger partial charge in [-0.3, -0.25) is 0 Å². The molecule has 0 fully saturated rings. The first-order valence-corrected chi connectivity index (χ1v) is 9.06. The quantitative estimate of drug-likeness (QED) is 0.452. The predicted octanol–water partition coefficient (Wildman–Crippen LogP) is 5.26. The molecule has 1 aromatic heterocycles. The van der Waals surface area contributed by atoms with E-state index in [9.17, 15) is 14.6 Å². The number of para-hydroxylation sites is 1. The second-order valence-electron chi connectivity index (χ2n) is 6.38. The molecule has 0 spiro atoms. The van der Waals surface area contributed by atoms with Crippen molar-refractivity contribution in [2.24, 2.45) is 0 Å². The number of aliphatic hydroxyl groups is 2. The fourth-order valence-corrected chi connectivity index (χ4v) is 3.40. The van der Waals surface area contributed by atoms with E-state index < -0.39 is 6.29 Å². The fraction of sp³-hybridized carbons (Fsp3) is 0.0909. The Hall–Kier alpha value is -2.86. The molecular formula is C22H17ClFNO3. The summed E-state index contributed by atoms with van der Waals surface area (Å²) in [7, 11) is 0. The zero-order valence-corrected chi connectivity index (χ0v) is 15.5. The molecule has 1 heterocycles. The highest BCUT2D eigenvalue weighted by Crippen LogP contribution is 2.40. The summed E-state index contributed by atoms with van der Waals surface area (Å²) in [5, 5.41) is 21.4. The average molecular weight is 398 g/mol. The van der Waals surface area contributed by atoms with E-state index in [1.54, 1.807) is 47.0 Å². The Morgan fingerprint density at radius 2 is 1.68 bits per heavy atom. The summed E-state index contributed by atoms with van der Waals surface area (Å²) in [6.07, 6.45) is -1.77. The van der Waals surface area contributed by atoms with Gasteiger partial charge in [-0.2, -0.15) is 0 Å². The van der Waals surface area contributed by atoms with Gasteiger partial charge in [-0.05, 0) is 48.0 Å². The van der Waals surface area contributed by atoms with Crippen LogP contribution in [-0.2, 0) is 6.54 Å². The van der Waals surface area contributed by atoms with Crippen LogP contribution in [0.5, 0.6) is 11.5 Å². The Balaban J connectivity index is 1.90. The molecule has 0 saturated carbocycles. The number of rotatable bonds is 5. The number of aliphatic hydroxyl groups excluding tert-OH is 1. The largest absolute Gasteiger partial charge is 0.455 e. The molecule has 0 aliphatic carbocycles. The summed E-state index contributed by atoms with van der Waals surface area (Å²) in [5.41, 5.74) is 1.73. The van der Waals surface area contributed by atoms with Gasteiger partial charge in [-0.15, -0.1) is 0 Å². The minimum atomic E-state index is -1.77. The molecule has 6 heteroatoms. The lowest BCUT2D eigenvalue weighted by molar-refractivity contribution is -0.0490. The third-order valence-corrected chi connectivity index (χ3v) is 4.71. The van der Waals surface area contributed by atoms with Gasteiger partial charge < -0.3 is 19.5 Å². The second kappa shape index (κ2) is 7.64. The second-order valence-corrected chi connectivity index (χ2v) is 6.81. The van der Waals surface area contributed by atoms with Crippen LogP contribution in [0, 0.1) is 5.82 Å². The van der Waals surface area contributed by atoms with Crippen molar-refractivity contribution in [3.05, 3.63) is 94.9 Å². The first kappa shape index (κ1) is 18.5. The Morgan fingerprint density at radius 3 is 2.36 bits per heavy atom. The predicted molar refractivity (Wildman–Crippen MR) is 106 cm³/mol. The van der Waals surface area contributed by atoms with E-state index in [4.69, 9.17) is 16.3 Å². The van der Waals surface area contributed by atoms with E-state index >= 15 is 0 Å². The molecule has 0 bridgehead atoms. The molecule has 142 valence electrons. The normalized spacial score (nSPS) is 11.3. The molecule has 0 aliphatic rings.